The first kappa shape index (κ1) is 21.1. The Morgan fingerprint density at radius 1 is 1.00 bits per heavy atom. The molecule has 3 aromatic rings. The van der Waals surface area contributed by atoms with Gasteiger partial charge in [0.15, 0.2) is 9.84 Å². The van der Waals surface area contributed by atoms with Gasteiger partial charge in [-0.3, -0.25) is 4.99 Å². The molecule has 8 heteroatoms. The number of hydrogen-bond donors (Lipinski definition) is 0. The molecule has 1 aliphatic heterocycles. The van der Waals surface area contributed by atoms with Crippen LogP contribution in [0.15, 0.2) is 80.4 Å². The Labute approximate surface area is 188 Å². The van der Waals surface area contributed by atoms with Gasteiger partial charge >= 0.3 is 0 Å². The van der Waals surface area contributed by atoms with Gasteiger partial charge in [-0.1, -0.05) is 53.2 Å². The fourth-order valence-corrected chi connectivity index (χ4v) is 6.06. The van der Waals surface area contributed by atoms with E-state index in [1.807, 2.05) is 6.08 Å². The molecule has 152 valence electrons. The van der Waals surface area contributed by atoms with Crippen LogP contribution in [-0.2, 0) is 15.6 Å². The van der Waals surface area contributed by atoms with Crippen molar-refractivity contribution >= 4 is 62.8 Å². The number of allylic oxidation sites excluding steroid dienone is 1. The fourth-order valence-electron chi connectivity index (χ4n) is 2.90. The molecule has 0 bridgehead atoms. The zero-order chi connectivity index (χ0) is 21.3. The Hall–Kier alpha value is -2.12. The van der Waals surface area contributed by atoms with Crippen molar-refractivity contribution < 1.29 is 12.8 Å². The van der Waals surface area contributed by atoms with Gasteiger partial charge in [-0.15, -0.1) is 0 Å². The summed E-state index contributed by atoms with van der Waals surface area (Å²) < 4.78 is 39.1. The lowest BCUT2D eigenvalue weighted by molar-refractivity contribution is 0.595. The quantitative estimate of drug-likeness (QED) is 0.408. The molecule has 30 heavy (non-hydrogen) atoms. The molecule has 0 saturated carbocycles. The fraction of sp³-hybridized carbons (Fsp3) is 0.0455. The van der Waals surface area contributed by atoms with Crippen molar-refractivity contribution in [2.75, 3.05) is 0 Å². The van der Waals surface area contributed by atoms with Crippen LogP contribution in [0, 0.1) is 5.82 Å². The molecule has 4 rings (SSSR count). The number of rotatable bonds is 4. The second kappa shape index (κ2) is 8.55. The molecule has 0 radical (unpaired) electrons. The first-order valence-corrected chi connectivity index (χ1v) is 12.0. The Morgan fingerprint density at radius 2 is 1.70 bits per heavy atom. The van der Waals surface area contributed by atoms with Gasteiger partial charge in [0.2, 0.25) is 0 Å². The van der Waals surface area contributed by atoms with Crippen LogP contribution in [0.3, 0.4) is 0 Å². The van der Waals surface area contributed by atoms with Crippen LogP contribution in [-0.4, -0.2) is 14.6 Å². The topological polar surface area (TPSA) is 46.5 Å². The summed E-state index contributed by atoms with van der Waals surface area (Å²) in [4.78, 5) is 6.10. The Balaban J connectivity index is 1.63. The van der Waals surface area contributed by atoms with E-state index in [9.17, 15) is 12.8 Å². The van der Waals surface area contributed by atoms with E-state index >= 15 is 0 Å². The first-order chi connectivity index (χ1) is 14.3. The number of benzene rings is 3. The van der Waals surface area contributed by atoms with Crippen LogP contribution in [0.5, 0.6) is 0 Å². The average molecular weight is 478 g/mol. The maximum Gasteiger partial charge on any atom is 0.182 e. The smallest absolute Gasteiger partial charge is 0.182 e. The summed E-state index contributed by atoms with van der Waals surface area (Å²) in [5.41, 5.74) is 1.89. The van der Waals surface area contributed by atoms with Gasteiger partial charge in [0.05, 0.1) is 16.3 Å². The SMILES string of the molecule is O=S(=O)(Cc1c(Cl)cccc1Cl)c1ccc2c(c1)S/C(=C\c1ccc(F)cc1)C=N2. The molecule has 0 N–H and O–H groups in total. The number of aliphatic imine (C=N–C) groups is 1. The van der Waals surface area contributed by atoms with Crippen LogP contribution in [0.1, 0.15) is 11.1 Å². The summed E-state index contributed by atoms with van der Waals surface area (Å²) in [5, 5.41) is 0.625. The molecule has 0 spiro atoms. The van der Waals surface area contributed by atoms with Gasteiger partial charge in [-0.2, -0.15) is 0 Å². The van der Waals surface area contributed by atoms with Crippen molar-refractivity contribution in [1.29, 1.82) is 0 Å². The highest BCUT2D eigenvalue weighted by molar-refractivity contribution is 8.04. The predicted octanol–water partition coefficient (Wildman–Crippen LogP) is 6.96. The lowest BCUT2D eigenvalue weighted by atomic mass is 10.2. The van der Waals surface area contributed by atoms with E-state index < -0.39 is 9.84 Å². The Bertz CT molecular complexity index is 1270. The van der Waals surface area contributed by atoms with Gasteiger partial charge in [-0.25, -0.2) is 12.8 Å². The number of thioether (sulfide) groups is 1. The van der Waals surface area contributed by atoms with Crippen LogP contribution in [0.25, 0.3) is 6.08 Å². The van der Waals surface area contributed by atoms with Crippen LogP contribution >= 0.6 is 35.0 Å². The van der Waals surface area contributed by atoms with Crippen LogP contribution in [0.4, 0.5) is 10.1 Å². The van der Waals surface area contributed by atoms with Gasteiger partial charge in [0.1, 0.15) is 5.82 Å². The minimum absolute atomic E-state index is 0.169. The number of fused-ring (bicyclic) bond motifs is 1. The van der Waals surface area contributed by atoms with E-state index in [1.54, 1.807) is 48.7 Å². The third-order valence-corrected chi connectivity index (χ3v) is 7.78. The zero-order valence-corrected chi connectivity index (χ0v) is 18.5. The van der Waals surface area contributed by atoms with Gasteiger partial charge in [0.25, 0.3) is 0 Å². The number of sulfone groups is 1. The molecule has 1 aliphatic rings. The van der Waals surface area contributed by atoms with E-state index in [0.29, 0.717) is 21.3 Å². The van der Waals surface area contributed by atoms with Crippen molar-refractivity contribution in [3.63, 3.8) is 0 Å². The minimum atomic E-state index is -3.67. The number of nitrogens with zero attached hydrogens (tertiary/aromatic N) is 1. The molecule has 0 saturated heterocycles. The molecule has 0 aromatic heterocycles. The van der Waals surface area contributed by atoms with Gasteiger partial charge in [0, 0.05) is 31.6 Å². The lowest BCUT2D eigenvalue weighted by Gasteiger charge is -2.14. The van der Waals surface area contributed by atoms with E-state index in [2.05, 4.69) is 4.99 Å². The van der Waals surface area contributed by atoms with Crippen LogP contribution < -0.4 is 0 Å². The highest BCUT2D eigenvalue weighted by Crippen LogP contribution is 2.40. The molecule has 0 fully saturated rings. The lowest BCUT2D eigenvalue weighted by Crippen LogP contribution is -2.06. The predicted molar refractivity (Wildman–Crippen MR) is 122 cm³/mol. The summed E-state index contributed by atoms with van der Waals surface area (Å²) >= 11 is 13.7. The van der Waals surface area contributed by atoms with Crippen molar-refractivity contribution in [1.82, 2.24) is 0 Å². The summed E-state index contributed by atoms with van der Waals surface area (Å²) in [5.74, 6) is -0.600. The molecule has 0 atom stereocenters. The number of halogens is 3. The second-order valence-electron chi connectivity index (χ2n) is 6.55. The van der Waals surface area contributed by atoms with Crippen molar-refractivity contribution in [3.8, 4) is 0 Å². The standard InChI is InChI=1S/C22H14Cl2FNO2S2/c23-19-2-1-3-20(24)18(19)13-30(27,28)17-8-9-21-22(11-17)29-16(12-26-21)10-14-4-6-15(25)7-5-14/h1-12H,13H2/b16-10-. The Kier molecular flexibility index (Phi) is 6.02. The molecule has 1 heterocycles. The second-order valence-corrected chi connectivity index (χ2v) is 10.5. The monoisotopic (exact) mass is 477 g/mol. The Morgan fingerprint density at radius 3 is 2.40 bits per heavy atom. The maximum atomic E-state index is 13.1. The van der Waals surface area contributed by atoms with E-state index in [0.717, 1.165) is 15.4 Å². The average Bonchev–Trinajstić information content (AvgIpc) is 2.72. The van der Waals surface area contributed by atoms with Gasteiger partial charge in [-0.05, 0) is 54.1 Å². The summed E-state index contributed by atoms with van der Waals surface area (Å²) in [6.45, 7) is 0. The third-order valence-electron chi connectivity index (χ3n) is 4.42. The summed E-state index contributed by atoms with van der Waals surface area (Å²) in [6.07, 6.45) is 3.56. The molecule has 3 aromatic carbocycles. The van der Waals surface area contributed by atoms with Crippen molar-refractivity contribution in [3.05, 3.63) is 92.6 Å². The molecular weight excluding hydrogens is 464 g/mol. The summed E-state index contributed by atoms with van der Waals surface area (Å²) in [7, 11) is -3.67. The summed E-state index contributed by atoms with van der Waals surface area (Å²) in [6, 6.07) is 15.8. The van der Waals surface area contributed by atoms with Crippen molar-refractivity contribution in [2.24, 2.45) is 4.99 Å². The zero-order valence-electron chi connectivity index (χ0n) is 15.3. The highest BCUT2D eigenvalue weighted by Gasteiger charge is 2.21. The molecule has 0 unspecified atom stereocenters. The van der Waals surface area contributed by atoms with Crippen LogP contribution in [0.2, 0.25) is 10.0 Å². The largest absolute Gasteiger partial charge is 0.255 e. The van der Waals surface area contributed by atoms with Gasteiger partial charge < -0.3 is 0 Å². The molecule has 3 nitrogen and oxygen atoms in total. The molecule has 0 amide bonds. The van der Waals surface area contributed by atoms with E-state index in [4.69, 9.17) is 23.2 Å². The third kappa shape index (κ3) is 4.62. The normalized spacial score (nSPS) is 14.7. The molecule has 0 aliphatic carbocycles. The maximum absolute atomic E-state index is 13.1. The van der Waals surface area contributed by atoms with E-state index in [-0.39, 0.29) is 16.5 Å². The highest BCUT2D eigenvalue weighted by atomic mass is 35.5. The van der Waals surface area contributed by atoms with E-state index in [1.165, 1.54) is 30.0 Å². The first-order valence-electron chi connectivity index (χ1n) is 8.81. The number of hydrogen-bond acceptors (Lipinski definition) is 4. The van der Waals surface area contributed by atoms with Crippen molar-refractivity contribution in [2.45, 2.75) is 15.5 Å². The molecular formula is C22H14Cl2FNO2S2. The minimum Gasteiger partial charge on any atom is -0.255 e.